The van der Waals surface area contributed by atoms with E-state index in [1.165, 1.54) is 11.1 Å². The van der Waals surface area contributed by atoms with Gasteiger partial charge < -0.3 is 4.74 Å². The van der Waals surface area contributed by atoms with Crippen LogP contribution < -0.4 is 0 Å². The number of hydrogen-bond donors (Lipinski definition) is 0. The molecule has 0 aromatic heterocycles. The van der Waals surface area contributed by atoms with Crippen molar-refractivity contribution >= 4 is 24.7 Å². The molecule has 0 unspecified atom stereocenters. The number of rotatable bonds is 5. The molecule has 1 aromatic rings. The summed E-state index contributed by atoms with van der Waals surface area (Å²) in [6.45, 7) is 17.6. The molecule has 0 saturated carbocycles. The summed E-state index contributed by atoms with van der Waals surface area (Å²) in [4.78, 5) is 0. The molecule has 0 aliphatic carbocycles. The predicted octanol–water partition coefficient (Wildman–Crippen LogP) is 5.80. The Morgan fingerprint density at radius 3 is 2.15 bits per heavy atom. The van der Waals surface area contributed by atoms with Gasteiger partial charge in [-0.2, -0.15) is 0 Å². The molecule has 0 heterocycles. The third-order valence-corrected chi connectivity index (χ3v) is 7.22. The Balaban J connectivity index is 2.72. The molecule has 0 bridgehead atoms. The van der Waals surface area contributed by atoms with Gasteiger partial charge in [0.05, 0.1) is 15.4 Å². The number of hydrogen-bond acceptors (Lipinski definition) is 1. The highest BCUT2D eigenvalue weighted by Crippen LogP contribution is 2.30. The maximum absolute atomic E-state index is 5.97. The number of benzene rings is 1. The highest BCUT2D eigenvalue weighted by molar-refractivity contribution is 9.10. The molecule has 0 fully saturated rings. The van der Waals surface area contributed by atoms with Crippen LogP contribution in [-0.4, -0.2) is 15.4 Å². The van der Waals surface area contributed by atoms with Crippen molar-refractivity contribution in [2.24, 2.45) is 0 Å². The van der Waals surface area contributed by atoms with Gasteiger partial charge in [0.15, 0.2) is 0 Å². The Morgan fingerprint density at radius 2 is 1.65 bits per heavy atom. The molecule has 0 saturated heterocycles. The third-order valence-electron chi connectivity index (χ3n) is 3.91. The van der Waals surface area contributed by atoms with Gasteiger partial charge in [0, 0.05) is 11.1 Å². The van der Waals surface area contributed by atoms with E-state index in [4.69, 9.17) is 4.74 Å². The van der Waals surface area contributed by atoms with Gasteiger partial charge in [0.1, 0.15) is 0 Å². The van der Waals surface area contributed by atoms with Crippen LogP contribution in [0.2, 0.25) is 18.1 Å². The fourth-order valence-electron chi connectivity index (χ4n) is 1.74. The average molecular weight is 356 g/mol. The molecule has 1 nitrogen and oxygen atoms in total. The molecule has 113 valence electrons. The third kappa shape index (κ3) is 5.34. The lowest BCUT2D eigenvalue weighted by Crippen LogP contribution is -2.26. The lowest BCUT2D eigenvalue weighted by atomic mass is 9.86. The van der Waals surface area contributed by atoms with E-state index in [9.17, 15) is 0 Å². The minimum Gasteiger partial charge on any atom is -0.377 e. The van der Waals surface area contributed by atoms with E-state index in [-0.39, 0.29) is 14.2 Å². The van der Waals surface area contributed by atoms with Crippen molar-refractivity contribution in [3.8, 4) is 0 Å². The first-order valence-corrected chi connectivity index (χ1v) is 10.5. The van der Waals surface area contributed by atoms with Gasteiger partial charge in [0.2, 0.25) is 0 Å². The minimum atomic E-state index is -0.338. The summed E-state index contributed by atoms with van der Waals surface area (Å²) < 4.78 is 7.11. The number of halogens is 1. The van der Waals surface area contributed by atoms with E-state index in [1.807, 2.05) is 0 Å². The second-order valence-corrected chi connectivity index (χ2v) is 11.7. The summed E-state index contributed by atoms with van der Waals surface area (Å²) in [6, 6.07) is 6.63. The van der Waals surface area contributed by atoms with Crippen LogP contribution in [0.3, 0.4) is 0 Å². The fraction of sp³-hybridized carbons (Fsp3) is 0.647. The van der Waals surface area contributed by atoms with Crippen molar-refractivity contribution in [2.45, 2.75) is 64.8 Å². The Morgan fingerprint density at radius 1 is 1.05 bits per heavy atom. The summed E-state index contributed by atoms with van der Waals surface area (Å²) in [5.74, 6) is 0. The van der Waals surface area contributed by atoms with Crippen LogP contribution in [0.15, 0.2) is 22.7 Å². The monoisotopic (exact) mass is 355 g/mol. The molecule has 0 aliphatic rings. The van der Waals surface area contributed by atoms with E-state index in [2.05, 4.69) is 81.8 Å². The van der Waals surface area contributed by atoms with E-state index in [0.29, 0.717) is 11.6 Å². The molecule has 0 spiro atoms. The van der Waals surface area contributed by atoms with Crippen LogP contribution in [0.25, 0.3) is 0 Å². The second kappa shape index (κ2) is 6.76. The van der Waals surface area contributed by atoms with Gasteiger partial charge in [-0.15, -0.1) is 0 Å². The Labute approximate surface area is 134 Å². The van der Waals surface area contributed by atoms with Crippen molar-refractivity contribution in [1.29, 1.82) is 0 Å². The van der Waals surface area contributed by atoms with Crippen LogP contribution in [0.4, 0.5) is 0 Å². The molecule has 1 rings (SSSR count). The predicted molar refractivity (Wildman–Crippen MR) is 94.0 cm³/mol. The number of ether oxygens (including phenoxy) is 1. The largest absolute Gasteiger partial charge is 0.377 e. The summed E-state index contributed by atoms with van der Waals surface area (Å²) in [5, 5.41) is 0.323. The van der Waals surface area contributed by atoms with Crippen molar-refractivity contribution in [2.75, 3.05) is 6.61 Å². The Kier molecular flexibility index (Phi) is 6.06. The zero-order chi connectivity index (χ0) is 15.6. The molecule has 1 aromatic carbocycles. The van der Waals surface area contributed by atoms with Crippen molar-refractivity contribution in [3.63, 3.8) is 0 Å². The average Bonchev–Trinajstić information content (AvgIpc) is 2.26. The van der Waals surface area contributed by atoms with Gasteiger partial charge in [-0.05, 0) is 33.7 Å². The first kappa shape index (κ1) is 17.9. The van der Waals surface area contributed by atoms with Crippen LogP contribution in [0, 0.1) is 0 Å². The quantitative estimate of drug-likeness (QED) is 0.606. The normalized spacial score (nSPS) is 13.1. The van der Waals surface area contributed by atoms with Gasteiger partial charge in [-0.1, -0.05) is 69.7 Å². The first-order valence-electron chi connectivity index (χ1n) is 7.21. The van der Waals surface area contributed by atoms with Crippen LogP contribution in [-0.2, 0) is 16.8 Å². The fourth-order valence-corrected chi connectivity index (χ4v) is 2.67. The smallest absolute Gasteiger partial charge is 0.0717 e. The molecule has 0 N–H and O–H groups in total. The van der Waals surface area contributed by atoms with Crippen LogP contribution in [0.1, 0.15) is 45.7 Å². The molecule has 0 amide bonds. The highest BCUT2D eigenvalue weighted by Gasteiger charge is 2.24. The molecule has 3 heteroatoms. The van der Waals surface area contributed by atoms with Gasteiger partial charge >= 0.3 is 0 Å². The zero-order valence-corrected chi connectivity index (χ0v) is 16.5. The van der Waals surface area contributed by atoms with E-state index in [1.54, 1.807) is 0 Å². The maximum atomic E-state index is 5.97. The molecule has 0 atom stereocenters. The van der Waals surface area contributed by atoms with E-state index >= 15 is 0 Å². The van der Waals surface area contributed by atoms with Crippen molar-refractivity contribution < 1.29 is 4.74 Å². The van der Waals surface area contributed by atoms with E-state index in [0.717, 1.165) is 11.1 Å². The Hall–Kier alpha value is -0.123. The zero-order valence-electron chi connectivity index (χ0n) is 13.9. The van der Waals surface area contributed by atoms with Gasteiger partial charge in [0.25, 0.3) is 0 Å². The summed E-state index contributed by atoms with van der Waals surface area (Å²) in [7, 11) is -0.338. The molecular weight excluding hydrogens is 328 g/mol. The maximum Gasteiger partial charge on any atom is 0.0717 e. The van der Waals surface area contributed by atoms with Crippen LogP contribution in [0.5, 0.6) is 0 Å². The SMILES string of the molecule is C[Si](C)C(C)(C)COCc1cc(Br)cc(C(C)(C)C)c1. The van der Waals surface area contributed by atoms with E-state index < -0.39 is 0 Å². The molecule has 0 aliphatic heterocycles. The second-order valence-electron chi connectivity index (χ2n) is 7.47. The Bertz CT molecular complexity index is 447. The standard InChI is InChI=1S/C17H28BrOSi/c1-16(2,3)14-8-13(9-15(18)10-14)11-19-12-17(4,5)20(6)7/h8-10H,11-12H2,1-7H3. The first-order chi connectivity index (χ1) is 9.02. The van der Waals surface area contributed by atoms with Crippen molar-refractivity contribution in [1.82, 2.24) is 0 Å². The topological polar surface area (TPSA) is 9.23 Å². The van der Waals surface area contributed by atoms with Gasteiger partial charge in [-0.25, -0.2) is 0 Å². The van der Waals surface area contributed by atoms with Crippen molar-refractivity contribution in [3.05, 3.63) is 33.8 Å². The summed E-state index contributed by atoms with van der Waals surface area (Å²) in [5.41, 5.74) is 2.77. The lowest BCUT2D eigenvalue weighted by molar-refractivity contribution is 0.101. The van der Waals surface area contributed by atoms with Gasteiger partial charge in [-0.3, -0.25) is 0 Å². The minimum absolute atomic E-state index is 0.167. The molecule has 20 heavy (non-hydrogen) atoms. The molecular formula is C17H28BrOSi. The molecule has 1 radical (unpaired) electrons. The summed E-state index contributed by atoms with van der Waals surface area (Å²) >= 11 is 3.61. The lowest BCUT2D eigenvalue weighted by Gasteiger charge is -2.28. The summed E-state index contributed by atoms with van der Waals surface area (Å²) in [6.07, 6.45) is 0. The van der Waals surface area contributed by atoms with Crippen LogP contribution >= 0.6 is 15.9 Å². The highest BCUT2D eigenvalue weighted by atomic mass is 79.9.